The molecule has 1 N–H and O–H groups in total. The molecule has 0 aliphatic carbocycles. The summed E-state index contributed by atoms with van der Waals surface area (Å²) in [5.74, 6) is 0.922. The predicted molar refractivity (Wildman–Crippen MR) is 135 cm³/mol. The lowest BCUT2D eigenvalue weighted by molar-refractivity contribution is -0.552. The van der Waals surface area contributed by atoms with Crippen molar-refractivity contribution < 1.29 is 23.3 Å². The Balaban J connectivity index is 1.53. The topological polar surface area (TPSA) is 85.3 Å². The second-order valence-corrected chi connectivity index (χ2v) is 9.86. The van der Waals surface area contributed by atoms with E-state index in [1.165, 1.54) is 0 Å². The second-order valence-electron chi connectivity index (χ2n) is 9.86. The molecule has 7 nitrogen and oxygen atoms in total. The van der Waals surface area contributed by atoms with Crippen molar-refractivity contribution in [2.75, 3.05) is 5.32 Å². The van der Waals surface area contributed by atoms with E-state index in [0.29, 0.717) is 29.9 Å². The molecule has 3 heterocycles. The summed E-state index contributed by atoms with van der Waals surface area (Å²) < 4.78 is 12.6. The van der Waals surface area contributed by atoms with E-state index in [1.807, 2.05) is 69.3 Å². The van der Waals surface area contributed by atoms with Crippen molar-refractivity contribution in [3.63, 3.8) is 0 Å². The van der Waals surface area contributed by atoms with E-state index >= 15 is 0 Å². The Hall–Kier alpha value is -4.26. The molecule has 1 aliphatic heterocycles. The molecular weight excluding hydrogens is 454 g/mol. The van der Waals surface area contributed by atoms with Gasteiger partial charge in [-0.05, 0) is 50.6 Å². The van der Waals surface area contributed by atoms with Gasteiger partial charge in [0.15, 0.2) is 0 Å². The second kappa shape index (κ2) is 9.41. The van der Waals surface area contributed by atoms with E-state index in [0.717, 1.165) is 22.6 Å². The van der Waals surface area contributed by atoms with Crippen LogP contribution in [0.25, 0.3) is 11.3 Å². The van der Waals surface area contributed by atoms with Crippen LogP contribution in [0.15, 0.2) is 83.6 Å². The quantitative estimate of drug-likeness (QED) is 0.312. The van der Waals surface area contributed by atoms with Gasteiger partial charge in [-0.15, -0.1) is 0 Å². The molecule has 4 aromatic rings. The van der Waals surface area contributed by atoms with Gasteiger partial charge in [-0.3, -0.25) is 5.32 Å². The maximum absolute atomic E-state index is 13.4. The number of hydrogen-bond donors (Lipinski definition) is 1. The summed E-state index contributed by atoms with van der Waals surface area (Å²) in [6.45, 7) is 5.50. The van der Waals surface area contributed by atoms with Crippen LogP contribution in [-0.2, 0) is 17.6 Å². The number of furan rings is 1. The number of aromatic nitrogens is 2. The standard InChI is InChI=1S/C29H27N3O4/c1-29(2,3)36-28(34)21-12-7-11-20(16-21)25-18-32-26(23(30-25)15-19-9-5-4-6-10-19)31-24(27(32)33)17-22-13-8-14-35-22/h4-14,16,18,24H,15,17H2,1-3H3/p+1. The molecule has 1 aliphatic rings. The van der Waals surface area contributed by atoms with Crippen LogP contribution in [-0.4, -0.2) is 28.5 Å². The zero-order chi connectivity index (χ0) is 25.3. The van der Waals surface area contributed by atoms with Crippen molar-refractivity contribution >= 4 is 17.7 Å². The van der Waals surface area contributed by atoms with Gasteiger partial charge < -0.3 is 9.15 Å². The Morgan fingerprint density at radius 1 is 1.08 bits per heavy atom. The van der Waals surface area contributed by atoms with Crippen molar-refractivity contribution in [1.82, 2.24) is 4.98 Å². The average molecular weight is 483 g/mol. The molecule has 182 valence electrons. The Morgan fingerprint density at radius 2 is 1.89 bits per heavy atom. The lowest BCUT2D eigenvalue weighted by atomic mass is 10.1. The SMILES string of the molecule is CC(C)(C)OC(=O)c1cccc(-c2c[n+]3c(c(Cc4ccccc4)n2)NC(Cc2ccco2)C3=O)c1. The summed E-state index contributed by atoms with van der Waals surface area (Å²) in [5, 5.41) is 3.36. The number of carbonyl (C=O) groups excluding carboxylic acids is 2. The molecule has 0 saturated carbocycles. The van der Waals surface area contributed by atoms with Crippen molar-refractivity contribution in [3.8, 4) is 11.3 Å². The Bertz CT molecular complexity index is 1410. The number of benzene rings is 2. The summed E-state index contributed by atoms with van der Waals surface area (Å²) in [4.78, 5) is 31.0. The van der Waals surface area contributed by atoms with E-state index in [-0.39, 0.29) is 5.91 Å². The van der Waals surface area contributed by atoms with E-state index in [4.69, 9.17) is 14.1 Å². The van der Waals surface area contributed by atoms with Crippen molar-refractivity contribution in [2.24, 2.45) is 0 Å². The van der Waals surface area contributed by atoms with Crippen molar-refractivity contribution in [1.29, 1.82) is 0 Å². The molecule has 2 aromatic heterocycles. The van der Waals surface area contributed by atoms with Crippen LogP contribution in [0, 0.1) is 0 Å². The normalized spacial score (nSPS) is 14.9. The van der Waals surface area contributed by atoms with Crippen LogP contribution in [0.4, 0.5) is 5.82 Å². The highest BCUT2D eigenvalue weighted by Crippen LogP contribution is 2.26. The highest BCUT2D eigenvalue weighted by molar-refractivity contribution is 5.91. The molecule has 0 amide bonds. The molecule has 0 radical (unpaired) electrons. The number of esters is 1. The highest BCUT2D eigenvalue weighted by atomic mass is 16.6. The Kier molecular flexibility index (Phi) is 6.14. The lowest BCUT2D eigenvalue weighted by Gasteiger charge is -2.19. The van der Waals surface area contributed by atoms with Gasteiger partial charge in [-0.2, -0.15) is 4.57 Å². The predicted octanol–water partition coefficient (Wildman–Crippen LogP) is 4.85. The first-order chi connectivity index (χ1) is 17.3. The third-order valence-corrected chi connectivity index (χ3v) is 5.86. The number of nitrogens with zero attached hydrogens (tertiary/aromatic N) is 2. The van der Waals surface area contributed by atoms with Crippen LogP contribution in [0.2, 0.25) is 0 Å². The van der Waals surface area contributed by atoms with Crippen LogP contribution in [0.5, 0.6) is 0 Å². The fraction of sp³-hybridized carbons (Fsp3) is 0.241. The van der Waals surface area contributed by atoms with Gasteiger partial charge in [-0.25, -0.2) is 14.6 Å². The number of carbonyl (C=O) groups is 2. The maximum atomic E-state index is 13.4. The first-order valence-corrected chi connectivity index (χ1v) is 11.9. The van der Waals surface area contributed by atoms with Crippen LogP contribution < -0.4 is 9.88 Å². The van der Waals surface area contributed by atoms with Crippen LogP contribution >= 0.6 is 0 Å². The van der Waals surface area contributed by atoms with Gasteiger partial charge in [-0.1, -0.05) is 42.5 Å². The average Bonchev–Trinajstić information content (AvgIpc) is 3.47. The van der Waals surface area contributed by atoms with Gasteiger partial charge >= 0.3 is 17.7 Å². The van der Waals surface area contributed by atoms with E-state index in [9.17, 15) is 9.59 Å². The molecule has 7 heteroatoms. The van der Waals surface area contributed by atoms with Gasteiger partial charge in [0.25, 0.3) is 0 Å². The number of rotatable bonds is 6. The molecule has 2 aromatic carbocycles. The molecule has 5 rings (SSSR count). The summed E-state index contributed by atoms with van der Waals surface area (Å²) >= 11 is 0. The van der Waals surface area contributed by atoms with Crippen LogP contribution in [0.3, 0.4) is 0 Å². The minimum Gasteiger partial charge on any atom is -0.469 e. The maximum Gasteiger partial charge on any atom is 0.359 e. The number of ether oxygens (including phenoxy) is 1. The number of anilines is 1. The van der Waals surface area contributed by atoms with E-state index < -0.39 is 17.6 Å². The molecule has 0 saturated heterocycles. The first-order valence-electron chi connectivity index (χ1n) is 11.9. The van der Waals surface area contributed by atoms with Gasteiger partial charge in [0.2, 0.25) is 6.04 Å². The third kappa shape index (κ3) is 5.05. The molecule has 0 fully saturated rings. The largest absolute Gasteiger partial charge is 0.469 e. The number of fused-ring (bicyclic) bond motifs is 1. The first kappa shape index (κ1) is 23.5. The minimum absolute atomic E-state index is 0.0809. The number of nitrogens with one attached hydrogen (secondary N) is 1. The molecule has 0 bridgehead atoms. The zero-order valence-electron chi connectivity index (χ0n) is 20.5. The third-order valence-electron chi connectivity index (χ3n) is 5.86. The molecule has 36 heavy (non-hydrogen) atoms. The fourth-order valence-corrected chi connectivity index (χ4v) is 4.24. The molecular formula is C29H28N3O4+. The smallest absolute Gasteiger partial charge is 0.359 e. The van der Waals surface area contributed by atoms with Crippen molar-refractivity contribution in [3.05, 3.63) is 102 Å². The fourth-order valence-electron chi connectivity index (χ4n) is 4.24. The summed E-state index contributed by atoms with van der Waals surface area (Å²) in [6, 6.07) is 20.4. The monoisotopic (exact) mass is 482 g/mol. The zero-order valence-corrected chi connectivity index (χ0v) is 20.5. The van der Waals surface area contributed by atoms with Gasteiger partial charge in [0.05, 0.1) is 18.2 Å². The lowest BCUT2D eigenvalue weighted by Crippen LogP contribution is -2.44. The van der Waals surface area contributed by atoms with E-state index in [1.54, 1.807) is 35.2 Å². The highest BCUT2D eigenvalue weighted by Gasteiger charge is 2.41. The van der Waals surface area contributed by atoms with E-state index in [2.05, 4.69) is 5.32 Å². The van der Waals surface area contributed by atoms with Gasteiger partial charge in [0.1, 0.15) is 28.9 Å². The summed E-state index contributed by atoms with van der Waals surface area (Å²) in [6.07, 6.45) is 4.31. The Labute approximate surface area is 209 Å². The molecule has 1 atom stereocenters. The summed E-state index contributed by atoms with van der Waals surface area (Å²) in [5.41, 5.74) is 2.99. The number of hydrogen-bond acceptors (Lipinski definition) is 6. The van der Waals surface area contributed by atoms with Gasteiger partial charge in [0, 0.05) is 12.0 Å². The molecule has 1 unspecified atom stereocenters. The summed E-state index contributed by atoms with van der Waals surface area (Å²) in [7, 11) is 0. The van der Waals surface area contributed by atoms with Crippen LogP contribution in [0.1, 0.15) is 52.9 Å². The molecule has 0 spiro atoms. The Morgan fingerprint density at radius 3 is 2.61 bits per heavy atom. The van der Waals surface area contributed by atoms with Crippen molar-refractivity contribution in [2.45, 2.75) is 45.3 Å². The minimum atomic E-state index is -0.599.